The number of rotatable bonds is 1. The smallest absolute Gasteiger partial charge is 0.221 e. The summed E-state index contributed by atoms with van der Waals surface area (Å²) in [5, 5.41) is 2.23. The summed E-state index contributed by atoms with van der Waals surface area (Å²) in [7, 11) is 1.65. The molecule has 0 spiro atoms. The highest BCUT2D eigenvalue weighted by atomic mass is 79.9. The molecule has 15 heavy (non-hydrogen) atoms. The van der Waals surface area contributed by atoms with Crippen LogP contribution >= 0.6 is 15.9 Å². The van der Waals surface area contributed by atoms with E-state index in [9.17, 15) is 0 Å². The zero-order chi connectivity index (χ0) is 11.0. The monoisotopic (exact) mass is 265 g/mol. The van der Waals surface area contributed by atoms with Gasteiger partial charge in [0.25, 0.3) is 0 Å². The second kappa shape index (κ2) is 3.81. The maximum Gasteiger partial charge on any atom is 0.221 e. The van der Waals surface area contributed by atoms with E-state index in [4.69, 9.17) is 4.74 Å². The molecule has 0 N–H and O–H groups in total. The molecule has 78 valence electrons. The van der Waals surface area contributed by atoms with Crippen molar-refractivity contribution >= 4 is 26.7 Å². The topological polar surface area (TPSA) is 22.1 Å². The number of hydrogen-bond donors (Lipinski definition) is 0. The molecule has 0 saturated carbocycles. The van der Waals surface area contributed by atoms with E-state index in [0.29, 0.717) is 5.88 Å². The lowest BCUT2D eigenvalue weighted by molar-refractivity contribution is 0.402. The normalized spacial score (nSPS) is 10.7. The zero-order valence-electron chi connectivity index (χ0n) is 8.97. The number of ether oxygens (including phenoxy) is 1. The van der Waals surface area contributed by atoms with Crippen LogP contribution < -0.4 is 4.74 Å². The Morgan fingerprint density at radius 2 is 2.00 bits per heavy atom. The van der Waals surface area contributed by atoms with Crippen molar-refractivity contribution in [3.8, 4) is 5.88 Å². The Morgan fingerprint density at radius 1 is 1.27 bits per heavy atom. The average molecular weight is 266 g/mol. The Balaban J connectivity index is 2.96. The second-order valence-corrected chi connectivity index (χ2v) is 4.31. The summed E-state index contributed by atoms with van der Waals surface area (Å²) in [4.78, 5) is 4.39. The number of methoxy groups -OCH3 is 1. The first-order valence-corrected chi connectivity index (χ1v) is 5.54. The van der Waals surface area contributed by atoms with Crippen molar-refractivity contribution in [3.63, 3.8) is 0 Å². The highest BCUT2D eigenvalue weighted by Crippen LogP contribution is 2.33. The van der Waals surface area contributed by atoms with Gasteiger partial charge in [-0.1, -0.05) is 12.1 Å². The molecule has 1 aromatic carbocycles. The van der Waals surface area contributed by atoms with Gasteiger partial charge in [0.2, 0.25) is 5.88 Å². The molecule has 0 unspecified atom stereocenters. The van der Waals surface area contributed by atoms with Crippen LogP contribution in [0.25, 0.3) is 10.8 Å². The molecule has 0 saturated heterocycles. The largest absolute Gasteiger partial charge is 0.481 e. The van der Waals surface area contributed by atoms with E-state index in [1.54, 1.807) is 7.11 Å². The zero-order valence-corrected chi connectivity index (χ0v) is 10.6. The number of nitrogens with zero attached hydrogens (tertiary/aromatic N) is 1. The number of aryl methyl sites for hydroxylation is 2. The molecule has 3 heteroatoms. The fraction of sp³-hybridized carbons (Fsp3) is 0.250. The summed E-state index contributed by atoms with van der Waals surface area (Å²) in [5.41, 5.74) is 2.18. The van der Waals surface area contributed by atoms with E-state index in [1.165, 1.54) is 10.9 Å². The van der Waals surface area contributed by atoms with Crippen LogP contribution in [0.1, 0.15) is 11.3 Å². The van der Waals surface area contributed by atoms with E-state index in [2.05, 4.69) is 33.9 Å². The maximum absolute atomic E-state index is 5.29. The van der Waals surface area contributed by atoms with Gasteiger partial charge in [0.1, 0.15) is 0 Å². The molecule has 0 aliphatic carbocycles. The van der Waals surface area contributed by atoms with Gasteiger partial charge in [-0.3, -0.25) is 0 Å². The average Bonchev–Trinajstić information content (AvgIpc) is 2.23. The molecule has 1 aromatic heterocycles. The summed E-state index contributed by atoms with van der Waals surface area (Å²) in [6.07, 6.45) is 0. The van der Waals surface area contributed by atoms with Gasteiger partial charge in [0.15, 0.2) is 0 Å². The van der Waals surface area contributed by atoms with Gasteiger partial charge in [-0.25, -0.2) is 4.98 Å². The Labute approximate surface area is 97.4 Å². The van der Waals surface area contributed by atoms with Gasteiger partial charge in [0.05, 0.1) is 12.8 Å². The molecule has 2 aromatic rings. The number of halogens is 1. The summed E-state index contributed by atoms with van der Waals surface area (Å²) >= 11 is 3.58. The molecule has 0 bridgehead atoms. The second-order valence-electron chi connectivity index (χ2n) is 3.52. The van der Waals surface area contributed by atoms with Gasteiger partial charge < -0.3 is 4.74 Å². The lowest BCUT2D eigenvalue weighted by Crippen LogP contribution is -1.94. The minimum Gasteiger partial charge on any atom is -0.481 e. The number of benzene rings is 1. The maximum atomic E-state index is 5.29. The van der Waals surface area contributed by atoms with Gasteiger partial charge in [-0.15, -0.1) is 0 Å². The molecular formula is C12H12BrNO. The Morgan fingerprint density at radius 3 is 2.67 bits per heavy atom. The minimum atomic E-state index is 0.689. The number of pyridine rings is 1. The standard InChI is InChI=1S/C12H12BrNO/c1-7-5-4-6-9-10(7)11(13)8(2)14-12(9)15-3/h4-6H,1-3H3. The lowest BCUT2D eigenvalue weighted by atomic mass is 10.1. The predicted molar refractivity (Wildman–Crippen MR) is 65.5 cm³/mol. The third-order valence-electron chi connectivity index (χ3n) is 2.50. The van der Waals surface area contributed by atoms with Gasteiger partial charge in [-0.2, -0.15) is 0 Å². The molecule has 0 aliphatic heterocycles. The fourth-order valence-corrected chi connectivity index (χ4v) is 2.35. The van der Waals surface area contributed by atoms with Crippen molar-refractivity contribution in [2.24, 2.45) is 0 Å². The third kappa shape index (κ3) is 1.61. The molecule has 0 aliphatic rings. The van der Waals surface area contributed by atoms with Crippen LogP contribution in [0.2, 0.25) is 0 Å². The number of hydrogen-bond acceptors (Lipinski definition) is 2. The first-order valence-electron chi connectivity index (χ1n) is 4.74. The van der Waals surface area contributed by atoms with E-state index in [0.717, 1.165) is 15.6 Å². The molecular weight excluding hydrogens is 254 g/mol. The van der Waals surface area contributed by atoms with Crippen LogP contribution in [-0.4, -0.2) is 12.1 Å². The van der Waals surface area contributed by atoms with Crippen LogP contribution in [0.5, 0.6) is 5.88 Å². The quantitative estimate of drug-likeness (QED) is 0.786. The van der Waals surface area contributed by atoms with Crippen LogP contribution in [0.15, 0.2) is 22.7 Å². The molecule has 1 heterocycles. The van der Waals surface area contributed by atoms with Crippen molar-refractivity contribution in [2.45, 2.75) is 13.8 Å². The first-order chi connectivity index (χ1) is 7.15. The molecule has 2 nitrogen and oxygen atoms in total. The highest BCUT2D eigenvalue weighted by molar-refractivity contribution is 9.10. The fourth-order valence-electron chi connectivity index (χ4n) is 1.74. The molecule has 0 fully saturated rings. The summed E-state index contributed by atoms with van der Waals surface area (Å²) < 4.78 is 6.34. The van der Waals surface area contributed by atoms with Crippen molar-refractivity contribution in [3.05, 3.63) is 33.9 Å². The van der Waals surface area contributed by atoms with Gasteiger partial charge in [-0.05, 0) is 41.4 Å². The van der Waals surface area contributed by atoms with Crippen LogP contribution in [0, 0.1) is 13.8 Å². The van der Waals surface area contributed by atoms with Gasteiger partial charge in [0, 0.05) is 15.2 Å². The Bertz CT molecular complexity index is 523. The van der Waals surface area contributed by atoms with E-state index < -0.39 is 0 Å². The van der Waals surface area contributed by atoms with Gasteiger partial charge >= 0.3 is 0 Å². The number of fused-ring (bicyclic) bond motifs is 1. The predicted octanol–water partition coefficient (Wildman–Crippen LogP) is 3.62. The molecule has 2 rings (SSSR count). The summed E-state index contributed by atoms with van der Waals surface area (Å²) in [6.45, 7) is 4.06. The third-order valence-corrected chi connectivity index (χ3v) is 3.47. The minimum absolute atomic E-state index is 0.689. The van der Waals surface area contributed by atoms with Crippen LogP contribution in [-0.2, 0) is 0 Å². The van der Waals surface area contributed by atoms with Crippen molar-refractivity contribution in [1.82, 2.24) is 4.98 Å². The van der Waals surface area contributed by atoms with E-state index >= 15 is 0 Å². The van der Waals surface area contributed by atoms with Crippen molar-refractivity contribution in [1.29, 1.82) is 0 Å². The van der Waals surface area contributed by atoms with Crippen LogP contribution in [0.4, 0.5) is 0 Å². The van der Waals surface area contributed by atoms with Crippen molar-refractivity contribution in [2.75, 3.05) is 7.11 Å². The molecule has 0 atom stereocenters. The van der Waals surface area contributed by atoms with Crippen LogP contribution in [0.3, 0.4) is 0 Å². The van der Waals surface area contributed by atoms with E-state index in [-0.39, 0.29) is 0 Å². The molecule has 0 radical (unpaired) electrons. The summed E-state index contributed by atoms with van der Waals surface area (Å²) in [6, 6.07) is 6.13. The Hall–Kier alpha value is -1.09. The Kier molecular flexibility index (Phi) is 2.65. The summed E-state index contributed by atoms with van der Waals surface area (Å²) in [5.74, 6) is 0.689. The lowest BCUT2D eigenvalue weighted by Gasteiger charge is -2.10. The first kappa shape index (κ1) is 10.4. The SMILES string of the molecule is COc1nc(C)c(Br)c2c(C)cccc12. The molecule has 0 amide bonds. The highest BCUT2D eigenvalue weighted by Gasteiger charge is 2.11. The number of aromatic nitrogens is 1. The van der Waals surface area contributed by atoms with Crippen molar-refractivity contribution < 1.29 is 4.74 Å². The van der Waals surface area contributed by atoms with E-state index in [1.807, 2.05) is 19.1 Å².